The van der Waals surface area contributed by atoms with Crippen LogP contribution < -0.4 is 10.2 Å². The number of pyridine rings is 1. The molecule has 1 saturated carbocycles. The number of thiophene rings is 1. The number of phenols is 1. The minimum atomic E-state index is -4.76. The molecule has 4 aliphatic rings. The standard InChI is InChI=1S/C38H28Cl3F3N4O6S/c1-54-28-12-17(11-26(40)31(28)49)30-22-8-9-23-29(35(52)47(33(23)50)16-21-3-2-10-55-21)24(22)14-25-34(51)48(36(53)37(25,30)18-4-6-20(39)7-5-18)46-32-27(41)13-19(15-45-32)38(42,43)44/h2-8,10-13,15,23-25,29-30,49H,9,14,16H2,1H3,(H,45,46)/t23-,24+,25-,29-,30-,37+/m0/s1. The average Bonchev–Trinajstić information content (AvgIpc) is 3.81. The highest BCUT2D eigenvalue weighted by Gasteiger charge is 2.70. The summed E-state index contributed by atoms with van der Waals surface area (Å²) in [6.45, 7) is 0.0900. The molecule has 4 amide bonds. The Morgan fingerprint density at radius 1 is 1.00 bits per heavy atom. The molecule has 2 saturated heterocycles. The third kappa shape index (κ3) is 5.79. The number of halogens is 6. The number of rotatable bonds is 7. The third-order valence-electron chi connectivity index (χ3n) is 11.1. The van der Waals surface area contributed by atoms with Gasteiger partial charge in [0, 0.05) is 22.0 Å². The number of hydrogen-bond donors (Lipinski definition) is 2. The van der Waals surface area contributed by atoms with Crippen molar-refractivity contribution in [3.05, 3.63) is 114 Å². The van der Waals surface area contributed by atoms with Crippen molar-refractivity contribution in [1.82, 2.24) is 14.9 Å². The summed E-state index contributed by atoms with van der Waals surface area (Å²) in [4.78, 5) is 64.3. The van der Waals surface area contributed by atoms with Crippen molar-refractivity contribution in [3.63, 3.8) is 0 Å². The zero-order valence-corrected chi connectivity index (χ0v) is 31.5. The second kappa shape index (κ2) is 13.5. The summed E-state index contributed by atoms with van der Waals surface area (Å²) in [6, 6.07) is 13.6. The van der Waals surface area contributed by atoms with Gasteiger partial charge in [0.15, 0.2) is 17.3 Å². The topological polar surface area (TPSA) is 129 Å². The fourth-order valence-corrected chi connectivity index (χ4v) is 10.1. The summed E-state index contributed by atoms with van der Waals surface area (Å²) >= 11 is 20.6. The average molecular weight is 832 g/mol. The van der Waals surface area contributed by atoms with Gasteiger partial charge in [0.05, 0.1) is 52.4 Å². The van der Waals surface area contributed by atoms with Crippen LogP contribution in [-0.4, -0.2) is 50.7 Å². The minimum Gasteiger partial charge on any atom is -0.503 e. The Morgan fingerprint density at radius 2 is 1.75 bits per heavy atom. The van der Waals surface area contributed by atoms with Crippen LogP contribution in [0.3, 0.4) is 0 Å². The van der Waals surface area contributed by atoms with Gasteiger partial charge in [0.25, 0.3) is 11.8 Å². The summed E-state index contributed by atoms with van der Waals surface area (Å²) in [7, 11) is 1.32. The fourth-order valence-electron chi connectivity index (χ4n) is 8.85. The summed E-state index contributed by atoms with van der Waals surface area (Å²) in [5.41, 5.74) is 0.983. The number of ether oxygens (including phenoxy) is 1. The quantitative estimate of drug-likeness (QED) is 0.142. The first-order valence-corrected chi connectivity index (χ1v) is 19.0. The number of nitrogens with one attached hydrogen (secondary N) is 1. The molecule has 0 unspecified atom stereocenters. The number of methoxy groups -OCH3 is 1. The largest absolute Gasteiger partial charge is 0.503 e. The molecule has 2 N–H and O–H groups in total. The Labute approximate surface area is 330 Å². The normalized spacial score (nSPS) is 26.2. The number of allylic oxidation sites excluding steroid dienone is 2. The lowest BCUT2D eigenvalue weighted by atomic mass is 9.49. The number of benzene rings is 2. The van der Waals surface area contributed by atoms with Gasteiger partial charge in [-0.3, -0.25) is 29.5 Å². The molecule has 3 fully saturated rings. The van der Waals surface area contributed by atoms with E-state index in [1.54, 1.807) is 24.3 Å². The number of aromatic nitrogens is 1. The van der Waals surface area contributed by atoms with Crippen molar-refractivity contribution in [3.8, 4) is 11.5 Å². The van der Waals surface area contributed by atoms with E-state index in [1.807, 2.05) is 23.6 Å². The molecule has 2 aliphatic heterocycles. The zero-order valence-electron chi connectivity index (χ0n) is 28.4. The number of nitrogens with zero attached hydrogens (tertiary/aromatic N) is 3. The van der Waals surface area contributed by atoms with Crippen LogP contribution >= 0.6 is 46.1 Å². The van der Waals surface area contributed by atoms with E-state index < -0.39 is 69.5 Å². The molecule has 0 spiro atoms. The van der Waals surface area contributed by atoms with Crippen molar-refractivity contribution >= 4 is 75.6 Å². The maximum atomic E-state index is 15.3. The third-order valence-corrected chi connectivity index (χ3v) is 12.8. The summed E-state index contributed by atoms with van der Waals surface area (Å²) < 4.78 is 45.9. The lowest BCUT2D eigenvalue weighted by molar-refractivity contribution is -0.142. The van der Waals surface area contributed by atoms with Gasteiger partial charge in [-0.1, -0.05) is 64.7 Å². The molecule has 55 heavy (non-hydrogen) atoms. The Hall–Kier alpha value is -4.63. The van der Waals surface area contributed by atoms with Crippen molar-refractivity contribution in [2.45, 2.75) is 36.9 Å². The predicted molar refractivity (Wildman–Crippen MR) is 196 cm³/mol. The molecule has 0 bridgehead atoms. The zero-order chi connectivity index (χ0) is 39.1. The first-order valence-electron chi connectivity index (χ1n) is 16.9. The number of amides is 4. The van der Waals surface area contributed by atoms with Crippen LogP contribution in [0.4, 0.5) is 19.0 Å². The van der Waals surface area contributed by atoms with Gasteiger partial charge in [-0.2, -0.15) is 18.2 Å². The Bertz CT molecular complexity index is 2310. The van der Waals surface area contributed by atoms with Crippen LogP contribution in [0.15, 0.2) is 77.8 Å². The van der Waals surface area contributed by atoms with Gasteiger partial charge in [0.1, 0.15) is 0 Å². The number of carbonyl (C=O) groups is 4. The van der Waals surface area contributed by atoms with Crippen LogP contribution in [0, 0.1) is 23.7 Å². The summed E-state index contributed by atoms with van der Waals surface area (Å²) in [5, 5.41) is 13.0. The van der Waals surface area contributed by atoms with Crippen molar-refractivity contribution < 1.29 is 42.2 Å². The Morgan fingerprint density at radius 3 is 2.40 bits per heavy atom. The molecule has 10 nitrogen and oxygen atoms in total. The summed E-state index contributed by atoms with van der Waals surface area (Å²) in [6.07, 6.45) is -2.28. The summed E-state index contributed by atoms with van der Waals surface area (Å²) in [5.74, 6) is -7.67. The number of hydrogen-bond acceptors (Lipinski definition) is 9. The van der Waals surface area contributed by atoms with E-state index in [-0.39, 0.29) is 47.6 Å². The van der Waals surface area contributed by atoms with Crippen LogP contribution in [-0.2, 0) is 37.3 Å². The van der Waals surface area contributed by atoms with E-state index in [2.05, 4.69) is 10.4 Å². The van der Waals surface area contributed by atoms with Gasteiger partial charge in [-0.25, -0.2) is 4.98 Å². The fraction of sp³-hybridized carbons (Fsp3) is 0.289. The van der Waals surface area contributed by atoms with Crippen molar-refractivity contribution in [1.29, 1.82) is 0 Å². The molecule has 8 rings (SSSR count). The second-order valence-corrected chi connectivity index (χ2v) is 16.1. The SMILES string of the molecule is COc1cc([C@H]2C3=CC[C@@H]4C(=O)N(Cc5cccs5)C(=O)[C@@H]4[C@@H]3C[C@H]3C(=O)N(Nc4ncc(C(F)(F)F)cc4Cl)C(=O)[C@@]23c2ccc(Cl)cc2)cc(Cl)c1O. The van der Waals surface area contributed by atoms with E-state index in [1.165, 1.54) is 35.5 Å². The maximum absolute atomic E-state index is 15.3. The van der Waals surface area contributed by atoms with E-state index in [4.69, 9.17) is 39.5 Å². The Kier molecular flexibility index (Phi) is 9.18. The van der Waals surface area contributed by atoms with Crippen molar-refractivity contribution in [2.75, 3.05) is 12.5 Å². The molecule has 17 heteroatoms. The molecule has 284 valence electrons. The predicted octanol–water partition coefficient (Wildman–Crippen LogP) is 8.02. The first-order chi connectivity index (χ1) is 26.2. The molecule has 6 atom stereocenters. The first kappa shape index (κ1) is 37.3. The van der Waals surface area contributed by atoms with Gasteiger partial charge >= 0.3 is 6.18 Å². The highest BCUT2D eigenvalue weighted by atomic mass is 35.5. The van der Waals surface area contributed by atoms with Crippen LogP contribution in [0.2, 0.25) is 15.1 Å². The Balaban J connectivity index is 1.32. The van der Waals surface area contributed by atoms with Gasteiger partial charge in [0.2, 0.25) is 11.8 Å². The lowest BCUT2D eigenvalue weighted by Crippen LogP contribution is -2.53. The van der Waals surface area contributed by atoms with Crippen LogP contribution in [0.25, 0.3) is 0 Å². The number of anilines is 1. The molecule has 4 aromatic rings. The molecule has 2 aliphatic carbocycles. The van der Waals surface area contributed by atoms with E-state index in [0.717, 1.165) is 4.88 Å². The van der Waals surface area contributed by atoms with Gasteiger partial charge in [-0.15, -0.1) is 11.3 Å². The number of carbonyl (C=O) groups excluding carboxylic acids is 4. The minimum absolute atomic E-state index is 0.0246. The highest BCUT2D eigenvalue weighted by Crippen LogP contribution is 2.65. The number of imide groups is 2. The second-order valence-electron chi connectivity index (χ2n) is 13.8. The number of hydrazine groups is 1. The monoisotopic (exact) mass is 830 g/mol. The molecule has 2 aromatic carbocycles. The molecular weight excluding hydrogens is 804 g/mol. The van der Waals surface area contributed by atoms with Crippen molar-refractivity contribution in [2.24, 2.45) is 23.7 Å². The molecular formula is C38H28Cl3F3N4O6S. The molecule has 4 heterocycles. The van der Waals surface area contributed by atoms with Gasteiger partial charge in [-0.05, 0) is 71.7 Å². The lowest BCUT2D eigenvalue weighted by Gasteiger charge is -2.50. The number of phenolic OH excluding ortho intramolecular Hbond substituents is 1. The molecule has 2 aromatic heterocycles. The van der Waals surface area contributed by atoms with Gasteiger partial charge < -0.3 is 9.84 Å². The number of aromatic hydroxyl groups is 1. The van der Waals surface area contributed by atoms with Crippen LogP contribution in [0.5, 0.6) is 11.5 Å². The smallest absolute Gasteiger partial charge is 0.417 e. The van der Waals surface area contributed by atoms with E-state index in [0.29, 0.717) is 39.0 Å². The van der Waals surface area contributed by atoms with E-state index in [9.17, 15) is 32.7 Å². The number of fused-ring (bicyclic) bond motifs is 4. The highest BCUT2D eigenvalue weighted by molar-refractivity contribution is 7.09. The maximum Gasteiger partial charge on any atom is 0.417 e. The van der Waals surface area contributed by atoms with Crippen LogP contribution in [0.1, 0.15) is 40.3 Å². The molecule has 0 radical (unpaired) electrons. The number of alkyl halides is 3. The number of likely N-dealkylation sites (tertiary alicyclic amines) is 1. The van der Waals surface area contributed by atoms with E-state index >= 15 is 4.79 Å².